The van der Waals surface area contributed by atoms with E-state index in [9.17, 15) is 62.3 Å². The number of phosphoric acid groups is 1. The quantitative estimate of drug-likeness (QED) is 0.00914. The molecule has 7 N–H and O–H groups in total. The summed E-state index contributed by atoms with van der Waals surface area (Å²) in [5.41, 5.74) is 9.09. The second kappa shape index (κ2) is 40.0. The number of thiophene rings is 2. The van der Waals surface area contributed by atoms with Gasteiger partial charge in [0.15, 0.2) is 17.3 Å². The molecule has 31 nitrogen and oxygen atoms in total. The lowest BCUT2D eigenvalue weighted by Crippen LogP contribution is -2.73. The van der Waals surface area contributed by atoms with E-state index in [1.165, 1.54) is 69.3 Å². The number of carbonyl (C=O) groups excluding carboxylic acids is 10. The molecule has 3 aromatic carbocycles. The average molecular weight is 1690 g/mol. The summed E-state index contributed by atoms with van der Waals surface area (Å²) >= 11 is 17.3. The van der Waals surface area contributed by atoms with Crippen molar-refractivity contribution in [3.63, 3.8) is 0 Å². The highest BCUT2D eigenvalue weighted by Gasteiger charge is 2.76. The number of urea groups is 1. The van der Waals surface area contributed by atoms with Crippen molar-refractivity contribution < 1.29 is 105 Å². The van der Waals surface area contributed by atoms with E-state index >= 15 is 0 Å². The molecular formula is C76H100Cl2N9O22PS3. The van der Waals surface area contributed by atoms with Crippen LogP contribution in [0, 0.1) is 36.5 Å². The number of ketones is 1. The molecule has 3 saturated carbocycles. The largest absolute Gasteiger partial charge is 0.524 e. The highest BCUT2D eigenvalue weighted by Crippen LogP contribution is 2.75. The number of rotatable bonds is 45. The van der Waals surface area contributed by atoms with Gasteiger partial charge in [0.25, 0.3) is 0 Å². The van der Waals surface area contributed by atoms with E-state index < -0.39 is 60.6 Å². The molecule has 37 heteroatoms. The Morgan fingerprint density at radius 3 is 1.70 bits per heavy atom. The topological polar surface area (TPSA) is 390 Å². The first-order valence-corrected chi connectivity index (χ1v) is 43.2. The summed E-state index contributed by atoms with van der Waals surface area (Å²) in [5, 5.41) is 13.3. The zero-order valence-electron chi connectivity index (χ0n) is 64.4. The summed E-state index contributed by atoms with van der Waals surface area (Å²) in [6, 6.07) is 8.13. The van der Waals surface area contributed by atoms with Crippen LogP contribution in [0.3, 0.4) is 0 Å². The summed E-state index contributed by atoms with van der Waals surface area (Å²) in [6.07, 6.45) is 1.78. The number of hydrogen-bond donors (Lipinski definition) is 6. The van der Waals surface area contributed by atoms with Gasteiger partial charge in [-0.3, -0.25) is 48.2 Å². The van der Waals surface area contributed by atoms with E-state index in [1.54, 1.807) is 54.0 Å². The van der Waals surface area contributed by atoms with Gasteiger partial charge in [0, 0.05) is 124 Å². The number of nitrogens with one attached hydrogen (secondary N) is 3. The van der Waals surface area contributed by atoms with Gasteiger partial charge in [-0.25, -0.2) is 18.9 Å². The van der Waals surface area contributed by atoms with Crippen LogP contribution >= 0.6 is 65.5 Å². The van der Waals surface area contributed by atoms with Crippen molar-refractivity contribution in [2.45, 2.75) is 109 Å². The van der Waals surface area contributed by atoms with Gasteiger partial charge < -0.3 is 83.7 Å². The molecular weight excluding hydrogens is 1590 g/mol. The van der Waals surface area contributed by atoms with Gasteiger partial charge in [-0.05, 0) is 109 Å². The number of likely N-dealkylation sites (N-methyl/N-ethyl adjacent to an activating group) is 2. The predicted octanol–water partition coefficient (Wildman–Crippen LogP) is 9.20. The van der Waals surface area contributed by atoms with E-state index in [4.69, 9.17) is 71.4 Å². The lowest BCUT2D eigenvalue weighted by Gasteiger charge is -2.69. The van der Waals surface area contributed by atoms with Gasteiger partial charge >= 0.3 is 26.0 Å². The minimum Gasteiger partial charge on any atom is -0.445 e. The third-order valence-corrected chi connectivity index (χ3v) is 25.2. The minimum atomic E-state index is -4.97. The predicted molar refractivity (Wildman–Crippen MR) is 428 cm³/mol. The number of thioether (sulfide) groups is 1. The number of primary amides is 1. The SMILES string of the molecule is CSC1CC(=O)N(CCOCCOCCOCCOCCOCCOCCC(=O)N[C@H](C(=O)C[C@@H](CCCNC(N)=O)C(=O)Nc2ccc(COC(=O)N(C)CCN(C)C(=O)Oc3cc4c(c5c(C)csc35)[C@H](CCl)CN4C(=O)C34CC(C(=O)N5C[C@@H](CCl)c6c5cc(OP(=O)(O)O)c5scc(C)c65)(C3)C4)cc2)C(C)C)C1=O. The Labute approximate surface area is 677 Å². The van der Waals surface area contributed by atoms with Crippen molar-refractivity contribution in [3.8, 4) is 11.5 Å². The molecule has 6 aliphatic rings. The Morgan fingerprint density at radius 2 is 1.21 bits per heavy atom. The second-order valence-electron chi connectivity index (χ2n) is 29.3. The first-order chi connectivity index (χ1) is 54.0. The Morgan fingerprint density at radius 1 is 0.717 bits per heavy atom. The zero-order valence-corrected chi connectivity index (χ0v) is 69.2. The molecule has 3 aliphatic carbocycles. The molecule has 113 heavy (non-hydrogen) atoms. The number of nitrogens with zero attached hydrogens (tertiary/aromatic N) is 5. The third-order valence-electron chi connectivity index (χ3n) is 20.9. The van der Waals surface area contributed by atoms with E-state index in [2.05, 4.69) is 16.0 Å². The number of nitrogens with two attached hydrogens (primary N) is 1. The van der Waals surface area contributed by atoms with E-state index in [-0.39, 0.29) is 174 Å². The Balaban J connectivity index is 0.623. The van der Waals surface area contributed by atoms with Crippen LogP contribution in [0.4, 0.5) is 31.4 Å². The van der Waals surface area contributed by atoms with Crippen LogP contribution in [0.1, 0.15) is 105 Å². The number of imide groups is 1. The van der Waals surface area contributed by atoms with Crippen LogP contribution in [-0.4, -0.2) is 246 Å². The Bertz CT molecular complexity index is 4320. The van der Waals surface area contributed by atoms with Gasteiger partial charge in [0.1, 0.15) is 6.61 Å². The lowest BCUT2D eigenvalue weighted by molar-refractivity contribution is -0.205. The van der Waals surface area contributed by atoms with Crippen LogP contribution in [0.2, 0.25) is 0 Å². The van der Waals surface area contributed by atoms with Crippen LogP contribution in [0.25, 0.3) is 20.2 Å². The molecule has 618 valence electrons. The molecule has 2 bridgehead atoms. The number of aryl methyl sites for hydroxylation is 2. The first kappa shape index (κ1) is 88.1. The summed E-state index contributed by atoms with van der Waals surface area (Å²) in [7, 11) is -1.92. The van der Waals surface area contributed by atoms with Crippen molar-refractivity contribution in [2.24, 2.45) is 28.4 Å². The van der Waals surface area contributed by atoms with Gasteiger partial charge in [0.05, 0.1) is 129 Å². The fraction of sp³-hybridized carbons (Fsp3) is 0.579. The molecule has 4 fully saturated rings. The Kier molecular flexibility index (Phi) is 31.2. The van der Waals surface area contributed by atoms with Crippen LogP contribution in [0.5, 0.6) is 11.5 Å². The zero-order chi connectivity index (χ0) is 81.5. The number of hydrogen-bond acceptors (Lipinski definition) is 23. The number of likely N-dealkylation sites (tertiary alicyclic amines) is 1. The van der Waals surface area contributed by atoms with Crippen molar-refractivity contribution in [3.05, 3.63) is 75.0 Å². The fourth-order valence-electron chi connectivity index (χ4n) is 15.1. The van der Waals surface area contributed by atoms with Crippen molar-refractivity contribution >= 4 is 162 Å². The minimum absolute atomic E-state index is 0.0265. The molecule has 0 radical (unpaired) electrons. The summed E-state index contributed by atoms with van der Waals surface area (Å²) < 4.78 is 63.5. The molecule has 0 spiro atoms. The fourth-order valence-corrected chi connectivity index (χ4v) is 18.7. The molecule has 1 unspecified atom stereocenters. The molecule has 3 aliphatic heterocycles. The lowest BCUT2D eigenvalue weighted by atomic mass is 9.34. The number of phosphoric ester groups is 1. The molecule has 5 heterocycles. The first-order valence-electron chi connectivity index (χ1n) is 37.5. The van der Waals surface area contributed by atoms with E-state index in [0.717, 1.165) is 33.0 Å². The van der Waals surface area contributed by atoms with Gasteiger partial charge in [-0.1, -0.05) is 26.0 Å². The van der Waals surface area contributed by atoms with E-state index in [1.807, 2.05) is 30.9 Å². The number of Topliss-reactive ketones (excluding diaryl/α,β-unsaturated/α-hetero) is 1. The number of alkyl halides is 2. The molecule has 10 amide bonds. The maximum absolute atomic E-state index is 15.0. The second-order valence-corrected chi connectivity index (χ2v) is 33.9. The monoisotopic (exact) mass is 1690 g/mol. The standard InChI is InChI=1S/C76H100Cl2N9O22PS3/c1-45(2)65(82-59(89)14-19-101-21-23-103-25-27-105-29-30-106-28-26-104-24-22-102-20-18-85-60(90)34-58(111-7)69(85)92)55(88)31-49(9-8-15-80-72(79)95)68(91)81-52-12-10-48(11-13-52)39-107-73(96)83(5)16-17-84(6)74(97)108-56-32-53-63(61-46(3)40-112-66(56)61)50(35-77)37-86(53)70(93)75-42-76(43-75,44-75)71(94)87-38-51(36-78)64-54(87)33-57(109-110(98,99)100)67-62(64)47(4)41-113-67/h10-13,32-33,40-41,45,49-51,58,65H,8-9,14-31,34-39,42-44H2,1-7H3,(H,81,91)(H,82,89)(H3,79,80,95)(H2,98,99,100)/t49-,50-,51-,58?,65+,75?,76?/m1/s1. The van der Waals surface area contributed by atoms with E-state index in [0.29, 0.717) is 111 Å². The number of fused-ring (bicyclic) bond motifs is 6. The molecule has 1 saturated heterocycles. The number of ether oxygens (including phenoxy) is 8. The summed E-state index contributed by atoms with van der Waals surface area (Å²) in [4.78, 5) is 160. The van der Waals surface area contributed by atoms with Crippen LogP contribution in [-0.2, 0) is 77.9 Å². The number of halogens is 2. The molecule has 11 rings (SSSR count). The maximum atomic E-state index is 15.0. The number of carbonyl (C=O) groups is 10. The third kappa shape index (κ3) is 21.7. The number of benzene rings is 3. The summed E-state index contributed by atoms with van der Waals surface area (Å²) in [6.45, 7) is 11.9. The Hall–Kier alpha value is -7.28. The summed E-state index contributed by atoms with van der Waals surface area (Å²) in [5.74, 6) is -3.00. The number of amides is 10. The smallest absolute Gasteiger partial charge is 0.445 e. The van der Waals surface area contributed by atoms with Gasteiger partial charge in [-0.15, -0.1) is 45.9 Å². The van der Waals surface area contributed by atoms with Crippen LogP contribution < -0.4 is 40.7 Å². The van der Waals surface area contributed by atoms with Gasteiger partial charge in [0.2, 0.25) is 35.4 Å². The normalized spacial score (nSPS) is 19.4. The highest BCUT2D eigenvalue weighted by molar-refractivity contribution is 8.00. The van der Waals surface area contributed by atoms with Crippen LogP contribution in [0.15, 0.2) is 47.2 Å². The van der Waals surface area contributed by atoms with Crippen molar-refractivity contribution in [1.29, 1.82) is 0 Å². The number of anilines is 3. The van der Waals surface area contributed by atoms with Crippen molar-refractivity contribution in [2.75, 3.05) is 166 Å². The van der Waals surface area contributed by atoms with Crippen molar-refractivity contribution in [1.82, 2.24) is 25.3 Å². The molecule has 5 atom stereocenters. The van der Waals surface area contributed by atoms with Gasteiger partial charge in [-0.2, -0.15) is 11.8 Å². The maximum Gasteiger partial charge on any atom is 0.524 e. The molecule has 2 aromatic heterocycles. The molecule has 5 aromatic rings. The average Bonchev–Trinajstić information content (AvgIpc) is 1.57. The highest BCUT2D eigenvalue weighted by atomic mass is 35.5.